The van der Waals surface area contributed by atoms with E-state index in [0.717, 1.165) is 5.69 Å². The van der Waals surface area contributed by atoms with Crippen LogP contribution in [0.4, 0.5) is 5.69 Å². The summed E-state index contributed by atoms with van der Waals surface area (Å²) >= 11 is 0. The van der Waals surface area contributed by atoms with Crippen LogP contribution in [0.1, 0.15) is 41.7 Å². The maximum Gasteiger partial charge on any atom is 0.406 e. The lowest BCUT2D eigenvalue weighted by Gasteiger charge is -2.39. The Morgan fingerprint density at radius 2 is 1.90 bits per heavy atom. The van der Waals surface area contributed by atoms with Crippen molar-refractivity contribution in [2.75, 3.05) is 5.32 Å². The quantitative estimate of drug-likeness (QED) is 0.379. The van der Waals surface area contributed by atoms with Gasteiger partial charge in [0.2, 0.25) is 0 Å². The summed E-state index contributed by atoms with van der Waals surface area (Å²) in [6.07, 6.45) is 5.09. The Bertz CT molecular complexity index is 1170. The number of carbonyl (C=O) groups is 2. The number of ether oxygens (including phenoxy) is 1. The summed E-state index contributed by atoms with van der Waals surface area (Å²) in [4.78, 5) is 25.1. The van der Waals surface area contributed by atoms with E-state index >= 15 is 0 Å². The Morgan fingerprint density at radius 3 is 2.65 bits per heavy atom. The van der Waals surface area contributed by atoms with E-state index < -0.39 is 23.1 Å². The van der Waals surface area contributed by atoms with Gasteiger partial charge in [0.15, 0.2) is 6.20 Å². The molecule has 0 unspecified atom stereocenters. The number of benzene rings is 1. The molecule has 2 aliphatic rings. The highest BCUT2D eigenvalue weighted by Crippen LogP contribution is 2.48. The van der Waals surface area contributed by atoms with Crippen molar-refractivity contribution in [1.29, 1.82) is 0 Å². The Hall–Kier alpha value is -3.72. The molecule has 0 atom stereocenters. The number of carbonyl (C=O) groups excluding carboxylic acids is 2. The number of pyridine rings is 1. The molecule has 9 nitrogen and oxygen atoms in total. The molecule has 0 saturated heterocycles. The first-order valence-corrected chi connectivity index (χ1v) is 10.0. The largest absolute Gasteiger partial charge is 0.618 e. The van der Waals surface area contributed by atoms with Gasteiger partial charge in [-0.1, -0.05) is 18.2 Å². The third-order valence-electron chi connectivity index (χ3n) is 6.10. The highest BCUT2D eigenvalue weighted by atomic mass is 16.6. The van der Waals surface area contributed by atoms with Crippen LogP contribution >= 0.6 is 0 Å². The predicted molar refractivity (Wildman–Crippen MR) is 108 cm³/mol. The van der Waals surface area contributed by atoms with Gasteiger partial charge in [-0.25, -0.2) is 9.48 Å². The van der Waals surface area contributed by atoms with Crippen molar-refractivity contribution in [3.05, 3.63) is 77.5 Å². The zero-order chi connectivity index (χ0) is 21.6. The Kier molecular flexibility index (Phi) is 4.30. The molecule has 1 saturated carbocycles. The Balaban J connectivity index is 1.30. The van der Waals surface area contributed by atoms with Crippen LogP contribution in [0.25, 0.3) is 5.69 Å². The molecule has 1 amide bonds. The zero-order valence-corrected chi connectivity index (χ0v) is 16.5. The number of nitrogens with zero attached hydrogens (tertiary/aromatic N) is 3. The number of para-hydroxylation sites is 1. The lowest BCUT2D eigenvalue weighted by molar-refractivity contribution is -0.608. The van der Waals surface area contributed by atoms with Crippen molar-refractivity contribution < 1.29 is 24.2 Å². The number of nitrogens with one attached hydrogen (secondary N) is 1. The number of hydrogen-bond acceptors (Lipinski definition) is 6. The molecule has 3 heterocycles. The topological polar surface area (TPSA) is 120 Å². The van der Waals surface area contributed by atoms with E-state index in [4.69, 9.17) is 4.74 Å². The first-order valence-electron chi connectivity index (χ1n) is 10.0. The number of anilines is 1. The zero-order valence-electron chi connectivity index (χ0n) is 16.5. The molecule has 0 bridgehead atoms. The minimum Gasteiger partial charge on any atom is -0.618 e. The van der Waals surface area contributed by atoms with E-state index in [2.05, 4.69) is 10.4 Å². The number of aromatic nitrogens is 3. The van der Waals surface area contributed by atoms with Crippen LogP contribution in [0.2, 0.25) is 0 Å². The summed E-state index contributed by atoms with van der Waals surface area (Å²) in [6, 6.07) is 12.7. The fraction of sp³-hybridized carbons (Fsp3) is 0.273. The van der Waals surface area contributed by atoms with Crippen LogP contribution < -0.4 is 10.0 Å². The molecule has 5 rings (SSSR count). The molecule has 1 fully saturated rings. The summed E-state index contributed by atoms with van der Waals surface area (Å²) in [5.41, 5.74) is -0.791. The number of rotatable bonds is 3. The summed E-state index contributed by atoms with van der Waals surface area (Å²) in [5, 5.41) is 29.9. The number of hydrogen-bond donors (Lipinski definition) is 2. The van der Waals surface area contributed by atoms with Gasteiger partial charge in [-0.2, -0.15) is 9.83 Å². The van der Waals surface area contributed by atoms with Crippen LogP contribution in [0.15, 0.2) is 61.1 Å². The van der Waals surface area contributed by atoms with Gasteiger partial charge in [0.25, 0.3) is 5.91 Å². The minimum atomic E-state index is -1.61. The maximum atomic E-state index is 12.8. The average Bonchev–Trinajstić information content (AvgIpc) is 3.35. The van der Waals surface area contributed by atoms with Gasteiger partial charge in [-0.05, 0) is 43.9 Å². The normalized spacial score (nSPS) is 24.6. The van der Waals surface area contributed by atoms with Gasteiger partial charge in [0, 0.05) is 6.07 Å². The van der Waals surface area contributed by atoms with E-state index in [0.29, 0.717) is 16.0 Å². The molecule has 9 heteroatoms. The second-order valence-corrected chi connectivity index (χ2v) is 7.97. The minimum absolute atomic E-state index is 0.0225. The molecular weight excluding hydrogens is 400 g/mol. The van der Waals surface area contributed by atoms with Crippen LogP contribution in [0.3, 0.4) is 0 Å². The van der Waals surface area contributed by atoms with Crippen molar-refractivity contribution >= 4 is 17.6 Å². The highest BCUT2D eigenvalue weighted by Gasteiger charge is 2.55. The van der Waals surface area contributed by atoms with Crippen molar-refractivity contribution in [1.82, 2.24) is 9.78 Å². The molecular formula is C22H20N4O5. The fourth-order valence-corrected chi connectivity index (χ4v) is 4.36. The molecule has 0 radical (unpaired) electrons. The molecule has 1 aliphatic heterocycles. The molecule has 31 heavy (non-hydrogen) atoms. The van der Waals surface area contributed by atoms with Crippen LogP contribution in [0, 0.1) is 5.21 Å². The lowest BCUT2D eigenvalue weighted by Crippen LogP contribution is -2.49. The van der Waals surface area contributed by atoms with Crippen molar-refractivity contribution in [2.24, 2.45) is 0 Å². The van der Waals surface area contributed by atoms with Crippen LogP contribution in [-0.2, 0) is 15.1 Å². The molecule has 3 aromatic rings. The summed E-state index contributed by atoms with van der Waals surface area (Å²) in [7, 11) is 0. The predicted octanol–water partition coefficient (Wildman–Crippen LogP) is 1.82. The molecule has 2 aromatic heterocycles. The van der Waals surface area contributed by atoms with Gasteiger partial charge >= 0.3 is 11.7 Å². The van der Waals surface area contributed by atoms with Gasteiger partial charge < -0.3 is 20.4 Å². The number of aliphatic hydroxyl groups is 1. The van der Waals surface area contributed by atoms with E-state index in [1.807, 2.05) is 30.3 Å². The first kappa shape index (κ1) is 19.3. The van der Waals surface area contributed by atoms with E-state index in [9.17, 15) is 19.9 Å². The summed E-state index contributed by atoms with van der Waals surface area (Å²) in [5.74, 6) is -1.21. The van der Waals surface area contributed by atoms with Crippen molar-refractivity contribution in [2.45, 2.75) is 36.9 Å². The van der Waals surface area contributed by atoms with E-state index in [-0.39, 0.29) is 31.4 Å². The smallest absolute Gasteiger partial charge is 0.406 e. The summed E-state index contributed by atoms with van der Waals surface area (Å²) in [6.45, 7) is 0. The highest BCUT2D eigenvalue weighted by molar-refractivity contribution is 5.97. The molecule has 1 spiro atoms. The average molecular weight is 420 g/mol. The second-order valence-electron chi connectivity index (χ2n) is 7.97. The van der Waals surface area contributed by atoms with Crippen LogP contribution in [0.5, 0.6) is 0 Å². The monoisotopic (exact) mass is 420 g/mol. The molecule has 158 valence electrons. The lowest BCUT2D eigenvalue weighted by atomic mass is 9.73. The Labute approximate surface area is 177 Å². The second kappa shape index (κ2) is 6.92. The third kappa shape index (κ3) is 3.14. The van der Waals surface area contributed by atoms with Gasteiger partial charge in [-0.3, -0.25) is 4.79 Å². The van der Waals surface area contributed by atoms with Crippen molar-refractivity contribution in [3.8, 4) is 5.69 Å². The number of fused-ring (bicyclic) bond motifs is 2. The first-order chi connectivity index (χ1) is 14.9. The Morgan fingerprint density at radius 1 is 1.16 bits per heavy atom. The third-order valence-corrected chi connectivity index (χ3v) is 6.10. The van der Waals surface area contributed by atoms with Crippen molar-refractivity contribution in [3.63, 3.8) is 0 Å². The molecule has 1 aromatic carbocycles. The fourth-order valence-electron chi connectivity index (χ4n) is 4.36. The van der Waals surface area contributed by atoms with Crippen LogP contribution in [-0.4, -0.2) is 32.4 Å². The van der Waals surface area contributed by atoms with Gasteiger partial charge in [0.1, 0.15) is 11.2 Å². The number of amides is 1. The maximum absolute atomic E-state index is 12.8. The molecule has 2 N–H and O–H groups in total. The van der Waals surface area contributed by atoms with Gasteiger partial charge in [-0.15, -0.1) is 0 Å². The SMILES string of the molecule is O=C1OC2(CCC(O)(C(=O)Nc3cnn(-c4ccccc4)c3)CC2)c2ccc[n+]([O-])c21. The summed E-state index contributed by atoms with van der Waals surface area (Å²) < 4.78 is 7.70. The van der Waals surface area contributed by atoms with E-state index in [1.54, 1.807) is 23.0 Å². The standard InChI is InChI=1S/C22H20N4O5/c27-19-18-17(7-4-12-26(18)30)22(31-19)10-8-21(29,9-11-22)20(28)24-15-13-23-25(14-15)16-5-2-1-3-6-16/h1-7,12-14,29H,8-11H2,(H,24,28). The molecule has 1 aliphatic carbocycles. The van der Waals surface area contributed by atoms with Gasteiger partial charge in [0.05, 0.1) is 29.3 Å². The number of esters is 1. The van der Waals surface area contributed by atoms with E-state index in [1.165, 1.54) is 12.4 Å².